The third-order valence-electron chi connectivity index (χ3n) is 6.95. The van der Waals surface area contributed by atoms with Gasteiger partial charge >= 0.3 is 0 Å². The van der Waals surface area contributed by atoms with E-state index < -0.39 is 0 Å². The molecule has 0 saturated heterocycles. The smallest absolute Gasteiger partial charge is 0.223 e. The third kappa shape index (κ3) is 2.88. The molecular weight excluding hydrogens is 296 g/mol. The second kappa shape index (κ2) is 6.18. The van der Waals surface area contributed by atoms with E-state index in [4.69, 9.17) is 5.73 Å². The predicted octanol–water partition coefficient (Wildman–Crippen LogP) is 3.30. The molecule has 1 aromatic rings. The zero-order chi connectivity index (χ0) is 16.7. The zero-order valence-electron chi connectivity index (χ0n) is 14.8. The molecule has 0 aromatic heterocycles. The van der Waals surface area contributed by atoms with Crippen molar-refractivity contribution in [3.63, 3.8) is 0 Å². The summed E-state index contributed by atoms with van der Waals surface area (Å²) < 4.78 is 0. The average molecular weight is 326 g/mol. The Morgan fingerprint density at radius 1 is 1.21 bits per heavy atom. The fourth-order valence-electron chi connectivity index (χ4n) is 5.26. The first-order valence-corrected chi connectivity index (χ1v) is 9.68. The molecule has 1 amide bonds. The van der Waals surface area contributed by atoms with Gasteiger partial charge in [0.1, 0.15) is 0 Å². The van der Waals surface area contributed by atoms with Crippen molar-refractivity contribution in [2.45, 2.75) is 63.3 Å². The lowest BCUT2D eigenvalue weighted by Gasteiger charge is -2.43. The molecule has 24 heavy (non-hydrogen) atoms. The first kappa shape index (κ1) is 16.1. The van der Waals surface area contributed by atoms with Gasteiger partial charge < -0.3 is 11.1 Å². The van der Waals surface area contributed by atoms with Crippen molar-refractivity contribution < 1.29 is 4.79 Å². The Hall–Kier alpha value is -1.35. The Morgan fingerprint density at radius 3 is 2.50 bits per heavy atom. The standard InChI is InChI=1S/C21H30N2O/c1-14-5-2-3-8-18(14)21(9-10-21)13-23-20(24)17-11-15-6-4-7-16(12-17)19(15)22/h2-3,5,8,15-17,19H,4,6-7,9-13,22H2,1H3,(H,23,24). The summed E-state index contributed by atoms with van der Waals surface area (Å²) in [7, 11) is 0. The van der Waals surface area contributed by atoms with E-state index >= 15 is 0 Å². The van der Waals surface area contributed by atoms with E-state index in [1.54, 1.807) is 0 Å². The summed E-state index contributed by atoms with van der Waals surface area (Å²) in [4.78, 5) is 12.8. The first-order valence-electron chi connectivity index (χ1n) is 9.68. The van der Waals surface area contributed by atoms with Crippen molar-refractivity contribution in [3.8, 4) is 0 Å². The number of carbonyl (C=O) groups excluding carboxylic acids is 1. The number of benzene rings is 1. The van der Waals surface area contributed by atoms with Gasteiger partial charge in [-0.3, -0.25) is 4.79 Å². The van der Waals surface area contributed by atoms with Gasteiger partial charge in [0, 0.05) is 23.9 Å². The highest BCUT2D eigenvalue weighted by Crippen LogP contribution is 2.49. The Kier molecular flexibility index (Phi) is 4.16. The Bertz CT molecular complexity index is 608. The van der Waals surface area contributed by atoms with Crippen LogP contribution >= 0.6 is 0 Å². The second-order valence-corrected chi connectivity index (χ2v) is 8.51. The fourth-order valence-corrected chi connectivity index (χ4v) is 5.26. The van der Waals surface area contributed by atoms with Gasteiger partial charge in [-0.05, 0) is 68.4 Å². The van der Waals surface area contributed by atoms with Crippen molar-refractivity contribution >= 4 is 5.91 Å². The van der Waals surface area contributed by atoms with Crippen LogP contribution in [0, 0.1) is 24.7 Å². The molecule has 3 N–H and O–H groups in total. The summed E-state index contributed by atoms with van der Waals surface area (Å²) in [5.41, 5.74) is 9.33. The Morgan fingerprint density at radius 2 is 1.88 bits per heavy atom. The van der Waals surface area contributed by atoms with Crippen LogP contribution in [-0.2, 0) is 10.2 Å². The largest absolute Gasteiger partial charge is 0.355 e. The monoisotopic (exact) mass is 326 g/mol. The van der Waals surface area contributed by atoms with Crippen LogP contribution in [-0.4, -0.2) is 18.5 Å². The zero-order valence-corrected chi connectivity index (χ0v) is 14.8. The maximum Gasteiger partial charge on any atom is 0.223 e. The van der Waals surface area contributed by atoms with Gasteiger partial charge in [0.25, 0.3) is 0 Å². The number of carbonyl (C=O) groups is 1. The van der Waals surface area contributed by atoms with E-state index in [0.717, 1.165) is 19.4 Å². The van der Waals surface area contributed by atoms with E-state index in [1.165, 1.54) is 43.2 Å². The average Bonchev–Trinajstić information content (AvgIpc) is 3.34. The number of aryl methyl sites for hydroxylation is 1. The van der Waals surface area contributed by atoms with Crippen LogP contribution in [0.15, 0.2) is 24.3 Å². The summed E-state index contributed by atoms with van der Waals surface area (Å²) in [6.07, 6.45) is 8.12. The molecule has 2 atom stereocenters. The lowest BCUT2D eigenvalue weighted by molar-refractivity contribution is -0.128. The maximum absolute atomic E-state index is 12.8. The molecule has 1 aromatic carbocycles. The van der Waals surface area contributed by atoms with Gasteiger partial charge in [-0.25, -0.2) is 0 Å². The van der Waals surface area contributed by atoms with Gasteiger partial charge in [0.15, 0.2) is 0 Å². The van der Waals surface area contributed by atoms with E-state index in [-0.39, 0.29) is 17.2 Å². The molecule has 2 bridgehead atoms. The maximum atomic E-state index is 12.8. The van der Waals surface area contributed by atoms with Crippen molar-refractivity contribution in [2.24, 2.45) is 23.5 Å². The third-order valence-corrected chi connectivity index (χ3v) is 6.95. The van der Waals surface area contributed by atoms with E-state index in [1.807, 2.05) is 0 Å². The van der Waals surface area contributed by atoms with E-state index in [0.29, 0.717) is 17.9 Å². The van der Waals surface area contributed by atoms with Crippen molar-refractivity contribution in [3.05, 3.63) is 35.4 Å². The van der Waals surface area contributed by atoms with Crippen molar-refractivity contribution in [1.82, 2.24) is 5.32 Å². The molecule has 0 heterocycles. The molecule has 0 radical (unpaired) electrons. The number of fused-ring (bicyclic) bond motifs is 2. The Balaban J connectivity index is 1.38. The number of rotatable bonds is 4. The lowest BCUT2D eigenvalue weighted by Crippen LogP contribution is -2.49. The topological polar surface area (TPSA) is 55.1 Å². The normalized spacial score (nSPS) is 33.8. The molecule has 0 spiro atoms. The highest BCUT2D eigenvalue weighted by molar-refractivity contribution is 5.79. The lowest BCUT2D eigenvalue weighted by atomic mass is 9.65. The molecule has 4 rings (SSSR count). The molecule has 130 valence electrons. The van der Waals surface area contributed by atoms with Crippen LogP contribution in [0.25, 0.3) is 0 Å². The number of nitrogens with one attached hydrogen (secondary N) is 1. The van der Waals surface area contributed by atoms with Gasteiger partial charge in [-0.2, -0.15) is 0 Å². The van der Waals surface area contributed by atoms with Crippen LogP contribution in [0.1, 0.15) is 56.1 Å². The van der Waals surface area contributed by atoms with Crippen molar-refractivity contribution in [1.29, 1.82) is 0 Å². The SMILES string of the molecule is Cc1ccccc1C1(CNC(=O)C2CC3CCCC(C2)C3N)CC1. The fraction of sp³-hybridized carbons (Fsp3) is 0.667. The molecule has 3 aliphatic rings. The molecule has 3 fully saturated rings. The molecule has 3 nitrogen and oxygen atoms in total. The van der Waals surface area contributed by atoms with Crippen LogP contribution in [0.4, 0.5) is 0 Å². The molecule has 3 saturated carbocycles. The van der Waals surface area contributed by atoms with Gasteiger partial charge in [-0.1, -0.05) is 30.7 Å². The van der Waals surface area contributed by atoms with Gasteiger partial charge in [-0.15, -0.1) is 0 Å². The second-order valence-electron chi connectivity index (χ2n) is 8.51. The quantitative estimate of drug-likeness (QED) is 0.892. The number of hydrogen-bond acceptors (Lipinski definition) is 2. The molecule has 3 heteroatoms. The van der Waals surface area contributed by atoms with Crippen LogP contribution in [0.3, 0.4) is 0 Å². The van der Waals surface area contributed by atoms with Crippen molar-refractivity contribution in [2.75, 3.05) is 6.54 Å². The van der Waals surface area contributed by atoms with Crippen LogP contribution < -0.4 is 11.1 Å². The summed E-state index contributed by atoms with van der Waals surface area (Å²) in [5.74, 6) is 1.60. The molecular formula is C21H30N2O. The van der Waals surface area contributed by atoms with E-state index in [9.17, 15) is 4.79 Å². The number of nitrogens with two attached hydrogens (primary N) is 1. The van der Waals surface area contributed by atoms with Crippen LogP contribution in [0.2, 0.25) is 0 Å². The number of hydrogen-bond donors (Lipinski definition) is 2. The van der Waals surface area contributed by atoms with Gasteiger partial charge in [0.2, 0.25) is 5.91 Å². The highest BCUT2D eigenvalue weighted by Gasteiger charge is 2.46. The summed E-state index contributed by atoms with van der Waals surface area (Å²) in [6, 6.07) is 8.97. The predicted molar refractivity (Wildman–Crippen MR) is 96.6 cm³/mol. The van der Waals surface area contributed by atoms with Gasteiger partial charge in [0.05, 0.1) is 0 Å². The molecule has 0 aliphatic heterocycles. The number of amides is 1. The summed E-state index contributed by atoms with van der Waals surface area (Å²) >= 11 is 0. The minimum Gasteiger partial charge on any atom is -0.355 e. The summed E-state index contributed by atoms with van der Waals surface area (Å²) in [6.45, 7) is 2.98. The highest BCUT2D eigenvalue weighted by atomic mass is 16.1. The van der Waals surface area contributed by atoms with Crippen LogP contribution in [0.5, 0.6) is 0 Å². The minimum atomic E-state index is 0.188. The molecule has 3 aliphatic carbocycles. The van der Waals surface area contributed by atoms with E-state index in [2.05, 4.69) is 36.5 Å². The summed E-state index contributed by atoms with van der Waals surface area (Å²) in [5, 5.41) is 3.31. The Labute approximate surface area is 145 Å². The first-order chi connectivity index (χ1) is 11.6. The minimum absolute atomic E-state index is 0.188. The molecule has 2 unspecified atom stereocenters.